The summed E-state index contributed by atoms with van der Waals surface area (Å²) in [6.45, 7) is 4.49. The van der Waals surface area contributed by atoms with Gasteiger partial charge in [0, 0.05) is 18.9 Å². The fraction of sp³-hybridized carbons (Fsp3) is 0.545. The van der Waals surface area contributed by atoms with Crippen molar-refractivity contribution in [3.05, 3.63) is 35.9 Å². The molecule has 3 atom stereocenters. The van der Waals surface area contributed by atoms with Gasteiger partial charge in [-0.1, -0.05) is 44.2 Å². The Bertz CT molecular complexity index is 754. The number of aryl methyl sites for hydroxylation is 1. The Hall–Kier alpha value is -2.35. The molecule has 30 heavy (non-hydrogen) atoms. The van der Waals surface area contributed by atoms with Crippen molar-refractivity contribution in [1.82, 2.24) is 16.0 Å². The van der Waals surface area contributed by atoms with Gasteiger partial charge in [-0.25, -0.2) is 0 Å². The molecule has 3 N–H and O–H groups in total. The van der Waals surface area contributed by atoms with Gasteiger partial charge in [-0.2, -0.15) is 0 Å². The SMILES string of the molecule is CC(C)C[C@H](NC(=O)CCc1ccccc1)C(=O)N[C@@H](C[C@@H]1CCNC1=O)C(=O)S. The minimum absolute atomic E-state index is 0.114. The van der Waals surface area contributed by atoms with Crippen molar-refractivity contribution in [2.24, 2.45) is 11.8 Å². The van der Waals surface area contributed by atoms with Gasteiger partial charge >= 0.3 is 0 Å². The topological polar surface area (TPSA) is 104 Å². The lowest BCUT2D eigenvalue weighted by Gasteiger charge is -2.24. The number of benzene rings is 1. The molecule has 1 aliphatic heterocycles. The van der Waals surface area contributed by atoms with Gasteiger partial charge in [-0.3, -0.25) is 19.2 Å². The number of carbonyl (C=O) groups is 4. The molecule has 1 aromatic rings. The van der Waals surface area contributed by atoms with E-state index in [1.807, 2.05) is 44.2 Å². The first-order valence-corrected chi connectivity index (χ1v) is 10.8. The zero-order chi connectivity index (χ0) is 22.1. The highest BCUT2D eigenvalue weighted by atomic mass is 32.1. The molecule has 1 aromatic carbocycles. The summed E-state index contributed by atoms with van der Waals surface area (Å²) in [5.41, 5.74) is 1.05. The molecular weight excluding hydrogens is 402 g/mol. The van der Waals surface area contributed by atoms with E-state index in [2.05, 4.69) is 28.6 Å². The molecule has 0 aromatic heterocycles. The third kappa shape index (κ3) is 7.82. The van der Waals surface area contributed by atoms with E-state index < -0.39 is 23.1 Å². The maximum atomic E-state index is 12.8. The summed E-state index contributed by atoms with van der Waals surface area (Å²) in [5.74, 6) is -0.917. The van der Waals surface area contributed by atoms with Crippen molar-refractivity contribution in [3.8, 4) is 0 Å². The average Bonchev–Trinajstić information content (AvgIpc) is 3.10. The summed E-state index contributed by atoms with van der Waals surface area (Å²) in [7, 11) is 0. The highest BCUT2D eigenvalue weighted by molar-refractivity contribution is 7.96. The second-order valence-corrected chi connectivity index (χ2v) is 8.59. The van der Waals surface area contributed by atoms with E-state index >= 15 is 0 Å². The molecule has 0 saturated carbocycles. The molecule has 1 aliphatic rings. The Kier molecular flexibility index (Phi) is 9.36. The molecule has 0 aliphatic carbocycles. The van der Waals surface area contributed by atoms with Crippen molar-refractivity contribution in [1.29, 1.82) is 0 Å². The van der Waals surface area contributed by atoms with Crippen molar-refractivity contribution in [3.63, 3.8) is 0 Å². The molecule has 0 spiro atoms. The van der Waals surface area contributed by atoms with Crippen LogP contribution in [0.2, 0.25) is 0 Å². The molecular formula is C22H31N3O4S. The normalized spacial score (nSPS) is 17.9. The van der Waals surface area contributed by atoms with Crippen molar-refractivity contribution in [2.75, 3.05) is 6.54 Å². The van der Waals surface area contributed by atoms with Crippen LogP contribution in [0, 0.1) is 11.8 Å². The van der Waals surface area contributed by atoms with Crippen LogP contribution < -0.4 is 16.0 Å². The Balaban J connectivity index is 1.95. The van der Waals surface area contributed by atoms with Gasteiger partial charge in [0.1, 0.15) is 6.04 Å². The molecule has 2 rings (SSSR count). The highest BCUT2D eigenvalue weighted by Gasteiger charge is 2.32. The molecule has 8 heteroatoms. The van der Waals surface area contributed by atoms with Crippen molar-refractivity contribution >= 4 is 35.5 Å². The second kappa shape index (κ2) is 11.7. The minimum Gasteiger partial charge on any atom is -0.356 e. The highest BCUT2D eigenvalue weighted by Crippen LogP contribution is 2.18. The fourth-order valence-electron chi connectivity index (χ4n) is 3.52. The van der Waals surface area contributed by atoms with E-state index in [4.69, 9.17) is 0 Å². The predicted molar refractivity (Wildman–Crippen MR) is 118 cm³/mol. The van der Waals surface area contributed by atoms with Gasteiger partial charge in [-0.15, -0.1) is 12.6 Å². The molecule has 1 heterocycles. The number of thiol groups is 1. The first-order chi connectivity index (χ1) is 14.3. The number of hydrogen-bond donors (Lipinski definition) is 4. The zero-order valence-electron chi connectivity index (χ0n) is 17.5. The monoisotopic (exact) mass is 433 g/mol. The van der Waals surface area contributed by atoms with Crippen LogP contribution in [0.15, 0.2) is 30.3 Å². The maximum Gasteiger partial charge on any atom is 0.243 e. The fourth-order valence-corrected chi connectivity index (χ4v) is 3.69. The van der Waals surface area contributed by atoms with Gasteiger partial charge < -0.3 is 16.0 Å². The predicted octanol–water partition coefficient (Wildman–Crippen LogP) is 1.62. The van der Waals surface area contributed by atoms with E-state index in [1.54, 1.807) is 0 Å². The number of carbonyl (C=O) groups excluding carboxylic acids is 4. The van der Waals surface area contributed by atoms with Crippen LogP contribution >= 0.6 is 12.6 Å². The minimum atomic E-state index is -0.870. The van der Waals surface area contributed by atoms with Gasteiger partial charge in [0.25, 0.3) is 0 Å². The zero-order valence-corrected chi connectivity index (χ0v) is 18.4. The van der Waals surface area contributed by atoms with Crippen LogP contribution in [-0.2, 0) is 25.6 Å². The van der Waals surface area contributed by atoms with Gasteiger partial charge in [0.15, 0.2) is 0 Å². The molecule has 3 amide bonds. The third-order valence-corrected chi connectivity index (χ3v) is 5.45. The van der Waals surface area contributed by atoms with Gasteiger partial charge in [-0.05, 0) is 37.2 Å². The van der Waals surface area contributed by atoms with Crippen LogP contribution in [0.3, 0.4) is 0 Å². The standard InChI is InChI=1S/C22H31N3O4S/c1-14(2)12-17(24-19(26)9-8-15-6-4-3-5-7-15)21(28)25-18(22(29)30)13-16-10-11-23-20(16)27/h3-7,14,16-18H,8-13H2,1-2H3,(H,23,27)(H,24,26)(H,25,28)(H,29,30)/t16-,17-,18-/m0/s1. The van der Waals surface area contributed by atoms with E-state index in [0.29, 0.717) is 25.8 Å². The first kappa shape index (κ1) is 23.9. The summed E-state index contributed by atoms with van der Waals surface area (Å²) in [6.07, 6.45) is 2.12. The van der Waals surface area contributed by atoms with Crippen LogP contribution in [0.25, 0.3) is 0 Å². The van der Waals surface area contributed by atoms with Gasteiger partial charge in [0.05, 0.1) is 6.04 Å². The Morgan fingerprint density at radius 2 is 1.83 bits per heavy atom. The summed E-state index contributed by atoms with van der Waals surface area (Å²) in [4.78, 5) is 49.0. The number of hydrogen-bond acceptors (Lipinski definition) is 4. The summed E-state index contributed by atoms with van der Waals surface area (Å²) < 4.78 is 0. The first-order valence-electron chi connectivity index (χ1n) is 10.4. The van der Waals surface area contributed by atoms with Crippen LogP contribution in [0.4, 0.5) is 0 Å². The number of nitrogens with one attached hydrogen (secondary N) is 3. The smallest absolute Gasteiger partial charge is 0.243 e. The molecule has 164 valence electrons. The quantitative estimate of drug-likeness (QED) is 0.398. The van der Waals surface area contributed by atoms with Crippen LogP contribution in [-0.4, -0.2) is 41.5 Å². The van der Waals surface area contributed by atoms with Gasteiger partial charge in [0.2, 0.25) is 22.8 Å². The average molecular weight is 434 g/mol. The molecule has 0 unspecified atom stereocenters. The summed E-state index contributed by atoms with van der Waals surface area (Å²) in [5, 5.41) is 7.71. The lowest BCUT2D eigenvalue weighted by molar-refractivity contribution is -0.131. The second-order valence-electron chi connectivity index (χ2n) is 8.15. The number of rotatable bonds is 11. The van der Waals surface area contributed by atoms with Crippen LogP contribution in [0.5, 0.6) is 0 Å². The Labute approximate surface area is 183 Å². The Morgan fingerprint density at radius 1 is 1.13 bits per heavy atom. The molecule has 7 nitrogen and oxygen atoms in total. The lowest BCUT2D eigenvalue weighted by atomic mass is 9.97. The molecule has 0 radical (unpaired) electrons. The van der Waals surface area contributed by atoms with Crippen LogP contribution in [0.1, 0.15) is 45.1 Å². The lowest BCUT2D eigenvalue weighted by Crippen LogP contribution is -2.52. The Morgan fingerprint density at radius 3 is 2.40 bits per heavy atom. The largest absolute Gasteiger partial charge is 0.356 e. The number of amides is 3. The third-order valence-electron chi connectivity index (χ3n) is 5.14. The summed E-state index contributed by atoms with van der Waals surface area (Å²) >= 11 is 3.88. The van der Waals surface area contributed by atoms with Crippen molar-refractivity contribution < 1.29 is 19.2 Å². The summed E-state index contributed by atoms with van der Waals surface area (Å²) in [6, 6.07) is 8.04. The molecule has 1 saturated heterocycles. The van der Waals surface area contributed by atoms with E-state index in [9.17, 15) is 19.2 Å². The van der Waals surface area contributed by atoms with Crippen molar-refractivity contribution in [2.45, 2.75) is 58.0 Å². The maximum absolute atomic E-state index is 12.8. The van der Waals surface area contributed by atoms with E-state index in [1.165, 1.54) is 0 Å². The molecule has 1 fully saturated rings. The van der Waals surface area contributed by atoms with E-state index in [0.717, 1.165) is 5.56 Å². The molecule has 0 bridgehead atoms. The van der Waals surface area contributed by atoms with E-state index in [-0.39, 0.29) is 36.5 Å².